The minimum atomic E-state index is -0.137. The molecule has 7 heteroatoms. The molecule has 0 N–H and O–H groups in total. The second-order valence-corrected chi connectivity index (χ2v) is 9.27. The van der Waals surface area contributed by atoms with Gasteiger partial charge in [0.2, 0.25) is 5.91 Å². The molecule has 2 amide bonds. The summed E-state index contributed by atoms with van der Waals surface area (Å²) in [4.78, 5) is 29.6. The lowest BCUT2D eigenvalue weighted by Crippen LogP contribution is -2.35. The zero-order chi connectivity index (χ0) is 21.8. The van der Waals surface area contributed by atoms with E-state index in [9.17, 15) is 9.59 Å². The van der Waals surface area contributed by atoms with Crippen LogP contribution in [0.1, 0.15) is 29.9 Å². The molecule has 0 aromatic heterocycles. The number of methoxy groups -OCH3 is 1. The number of amides is 2. The van der Waals surface area contributed by atoms with Crippen LogP contribution < -0.4 is 4.74 Å². The van der Waals surface area contributed by atoms with E-state index in [-0.39, 0.29) is 18.2 Å². The maximum atomic E-state index is 12.8. The fraction of sp³-hybridized carbons (Fsp3) is 0.292. The summed E-state index contributed by atoms with van der Waals surface area (Å²) < 4.78 is 5.67. The summed E-state index contributed by atoms with van der Waals surface area (Å²) in [5, 5.41) is 0. The van der Waals surface area contributed by atoms with Crippen LogP contribution in [0, 0.1) is 0 Å². The topological polar surface area (TPSA) is 49.9 Å². The van der Waals surface area contributed by atoms with Crippen LogP contribution in [0.25, 0.3) is 6.08 Å². The van der Waals surface area contributed by atoms with E-state index >= 15 is 0 Å². The molecule has 0 aliphatic carbocycles. The molecular weight excluding hydrogens is 428 g/mol. The number of hydrogen-bond donors (Lipinski definition) is 0. The van der Waals surface area contributed by atoms with Crippen LogP contribution >= 0.6 is 24.0 Å². The first kappa shape index (κ1) is 21.6. The number of likely N-dealkylation sites (tertiary alicyclic amines) is 1. The van der Waals surface area contributed by atoms with Gasteiger partial charge in [0.1, 0.15) is 10.1 Å². The van der Waals surface area contributed by atoms with Gasteiger partial charge in [0.15, 0.2) is 0 Å². The smallest absolute Gasteiger partial charge is 0.266 e. The van der Waals surface area contributed by atoms with E-state index in [2.05, 4.69) is 12.1 Å². The maximum Gasteiger partial charge on any atom is 0.266 e. The van der Waals surface area contributed by atoms with E-state index < -0.39 is 0 Å². The van der Waals surface area contributed by atoms with E-state index in [4.69, 9.17) is 17.0 Å². The molecule has 2 fully saturated rings. The van der Waals surface area contributed by atoms with Crippen molar-refractivity contribution in [1.29, 1.82) is 0 Å². The van der Waals surface area contributed by atoms with Gasteiger partial charge in [0.05, 0.1) is 12.0 Å². The molecule has 0 saturated carbocycles. The fourth-order valence-electron chi connectivity index (χ4n) is 3.89. The number of nitrogens with zero attached hydrogens (tertiary/aromatic N) is 2. The summed E-state index contributed by atoms with van der Waals surface area (Å²) in [6, 6.07) is 17.8. The first-order chi connectivity index (χ1) is 15.0. The summed E-state index contributed by atoms with van der Waals surface area (Å²) in [6.45, 7) is 1.81. The Kier molecular flexibility index (Phi) is 6.73. The number of carbonyl (C=O) groups is 2. The molecular formula is C24H24N2O3S2. The molecule has 0 radical (unpaired) electrons. The average molecular weight is 453 g/mol. The highest BCUT2D eigenvalue weighted by Gasteiger charge is 2.33. The number of thioether (sulfide) groups is 1. The molecule has 31 heavy (non-hydrogen) atoms. The molecule has 160 valence electrons. The molecule has 1 unspecified atom stereocenters. The van der Waals surface area contributed by atoms with Crippen LogP contribution in [-0.4, -0.2) is 52.7 Å². The lowest BCUT2D eigenvalue weighted by atomic mass is 9.99. The number of rotatable bonds is 6. The van der Waals surface area contributed by atoms with Crippen LogP contribution in [0.2, 0.25) is 0 Å². The molecule has 2 heterocycles. The summed E-state index contributed by atoms with van der Waals surface area (Å²) in [6.07, 6.45) is 3.08. The fourth-order valence-corrected chi connectivity index (χ4v) is 5.20. The third-order valence-electron chi connectivity index (χ3n) is 5.65. The Morgan fingerprint density at radius 1 is 1.19 bits per heavy atom. The van der Waals surface area contributed by atoms with Crippen molar-refractivity contribution in [2.75, 3.05) is 26.7 Å². The predicted octanol–water partition coefficient (Wildman–Crippen LogP) is 4.30. The minimum Gasteiger partial charge on any atom is -0.497 e. The zero-order valence-corrected chi connectivity index (χ0v) is 19.0. The van der Waals surface area contributed by atoms with Crippen molar-refractivity contribution in [1.82, 2.24) is 9.80 Å². The van der Waals surface area contributed by atoms with Gasteiger partial charge in [-0.15, -0.1) is 0 Å². The van der Waals surface area contributed by atoms with Gasteiger partial charge >= 0.3 is 0 Å². The van der Waals surface area contributed by atoms with Crippen molar-refractivity contribution in [2.24, 2.45) is 0 Å². The number of hydrogen-bond acceptors (Lipinski definition) is 5. The van der Waals surface area contributed by atoms with Crippen LogP contribution in [0.3, 0.4) is 0 Å². The first-order valence-corrected chi connectivity index (χ1v) is 11.5. The quantitative estimate of drug-likeness (QED) is 0.483. The Hall–Kier alpha value is -2.64. The summed E-state index contributed by atoms with van der Waals surface area (Å²) in [5.41, 5.74) is 2.18. The van der Waals surface area contributed by atoms with Gasteiger partial charge in [-0.2, -0.15) is 0 Å². The Morgan fingerprint density at radius 3 is 2.65 bits per heavy atom. The highest BCUT2D eigenvalue weighted by atomic mass is 32.2. The SMILES string of the molecule is COc1ccc(/C=C2\SC(=S)N(CCC(=O)N3CCC(c4ccccc4)C3)C2=O)cc1. The van der Waals surface area contributed by atoms with Crippen molar-refractivity contribution in [3.63, 3.8) is 0 Å². The second-order valence-electron chi connectivity index (χ2n) is 7.59. The van der Waals surface area contributed by atoms with Gasteiger partial charge in [-0.1, -0.05) is 66.4 Å². The largest absolute Gasteiger partial charge is 0.497 e. The zero-order valence-electron chi connectivity index (χ0n) is 17.3. The molecule has 2 aliphatic heterocycles. The Balaban J connectivity index is 1.33. The van der Waals surface area contributed by atoms with Gasteiger partial charge < -0.3 is 9.64 Å². The van der Waals surface area contributed by atoms with Crippen molar-refractivity contribution in [3.8, 4) is 5.75 Å². The van der Waals surface area contributed by atoms with Crippen molar-refractivity contribution >= 4 is 46.2 Å². The lowest BCUT2D eigenvalue weighted by Gasteiger charge is -2.19. The third-order valence-corrected chi connectivity index (χ3v) is 7.03. The number of ether oxygens (including phenoxy) is 1. The van der Waals surface area contributed by atoms with Gasteiger partial charge in [0, 0.05) is 32.0 Å². The van der Waals surface area contributed by atoms with Crippen LogP contribution in [-0.2, 0) is 9.59 Å². The molecule has 2 aliphatic rings. The Bertz CT molecular complexity index is 1010. The van der Waals surface area contributed by atoms with Crippen molar-refractivity contribution in [2.45, 2.75) is 18.8 Å². The first-order valence-electron chi connectivity index (χ1n) is 10.3. The van der Waals surface area contributed by atoms with E-state index in [0.29, 0.717) is 21.7 Å². The van der Waals surface area contributed by atoms with Crippen molar-refractivity contribution < 1.29 is 14.3 Å². The summed E-state index contributed by atoms with van der Waals surface area (Å²) in [7, 11) is 1.62. The molecule has 2 aromatic carbocycles. The van der Waals surface area contributed by atoms with Gasteiger partial charge in [-0.05, 0) is 35.8 Å². The minimum absolute atomic E-state index is 0.0756. The summed E-state index contributed by atoms with van der Waals surface area (Å²) in [5.74, 6) is 1.09. The van der Waals surface area contributed by atoms with Gasteiger partial charge in [-0.25, -0.2) is 0 Å². The number of thiocarbonyl (C=S) groups is 1. The third kappa shape index (κ3) is 4.99. The van der Waals surface area contributed by atoms with Crippen LogP contribution in [0.15, 0.2) is 59.5 Å². The highest BCUT2D eigenvalue weighted by Crippen LogP contribution is 2.33. The second kappa shape index (κ2) is 9.66. The van der Waals surface area contributed by atoms with E-state index in [0.717, 1.165) is 30.8 Å². The number of carbonyl (C=O) groups excluding carboxylic acids is 2. The van der Waals surface area contributed by atoms with Crippen LogP contribution in [0.5, 0.6) is 5.75 Å². The highest BCUT2D eigenvalue weighted by molar-refractivity contribution is 8.26. The standard InChI is InChI=1S/C24H24N2O3S2/c1-29-20-9-7-17(8-10-20)15-21-23(28)26(24(30)31-21)14-12-22(27)25-13-11-19(16-25)18-5-3-2-4-6-18/h2-10,15,19H,11-14,16H2,1H3/b21-15-. The molecule has 0 bridgehead atoms. The Morgan fingerprint density at radius 2 is 1.94 bits per heavy atom. The monoisotopic (exact) mass is 452 g/mol. The molecule has 4 rings (SSSR count). The van der Waals surface area contributed by atoms with E-state index in [1.165, 1.54) is 22.2 Å². The normalized spacial score (nSPS) is 20.0. The number of benzene rings is 2. The Labute approximate surface area is 192 Å². The molecule has 2 aromatic rings. The maximum absolute atomic E-state index is 12.8. The molecule has 2 saturated heterocycles. The average Bonchev–Trinajstić information content (AvgIpc) is 3.39. The molecule has 1 atom stereocenters. The van der Waals surface area contributed by atoms with Gasteiger partial charge in [0.25, 0.3) is 5.91 Å². The van der Waals surface area contributed by atoms with E-state index in [1.54, 1.807) is 7.11 Å². The molecule has 5 nitrogen and oxygen atoms in total. The van der Waals surface area contributed by atoms with Crippen molar-refractivity contribution in [3.05, 3.63) is 70.6 Å². The predicted molar refractivity (Wildman–Crippen MR) is 128 cm³/mol. The van der Waals surface area contributed by atoms with Gasteiger partial charge in [-0.3, -0.25) is 14.5 Å². The molecule has 0 spiro atoms. The summed E-state index contributed by atoms with van der Waals surface area (Å²) >= 11 is 6.68. The van der Waals surface area contributed by atoms with Crippen LogP contribution in [0.4, 0.5) is 0 Å². The van der Waals surface area contributed by atoms with E-state index in [1.807, 2.05) is 53.4 Å². The lowest BCUT2D eigenvalue weighted by molar-refractivity contribution is -0.130.